The molecule has 3 saturated heterocycles. The lowest BCUT2D eigenvalue weighted by molar-refractivity contribution is -0.167. The van der Waals surface area contributed by atoms with Crippen LogP contribution in [0.3, 0.4) is 0 Å². The lowest BCUT2D eigenvalue weighted by Crippen LogP contribution is -2.68. The summed E-state index contributed by atoms with van der Waals surface area (Å²) in [6.45, 7) is 4.84. The fourth-order valence-electron chi connectivity index (χ4n) is 4.17. The second-order valence-electron chi connectivity index (χ2n) is 6.75. The topological polar surface area (TPSA) is 43.9 Å². The molecule has 118 valence electrons. The first-order chi connectivity index (χ1) is 10.1. The molecule has 3 aliphatic heterocycles. The van der Waals surface area contributed by atoms with Crippen LogP contribution in [0.2, 0.25) is 0 Å². The quantitative estimate of drug-likeness (QED) is 0.765. The number of carbonyl (C=O) groups excluding carboxylic acids is 2. The van der Waals surface area contributed by atoms with Gasteiger partial charge in [0.2, 0.25) is 11.8 Å². The Morgan fingerprint density at radius 3 is 2.38 bits per heavy atom. The number of carbonyl (C=O) groups is 2. The van der Waals surface area contributed by atoms with E-state index in [2.05, 4.69) is 11.9 Å². The molecule has 2 unspecified atom stereocenters. The SMILES string of the molecule is CCC1C(=O)N2CCCCC2C(=O)N1C1CCN(C)CC1. The predicted molar refractivity (Wildman–Crippen MR) is 80.8 cm³/mol. The van der Waals surface area contributed by atoms with Gasteiger partial charge in [-0.15, -0.1) is 0 Å². The minimum Gasteiger partial charge on any atom is -0.329 e. The van der Waals surface area contributed by atoms with E-state index in [9.17, 15) is 9.59 Å². The molecular weight excluding hydrogens is 266 g/mol. The second kappa shape index (κ2) is 5.95. The number of fused-ring (bicyclic) bond motifs is 1. The Morgan fingerprint density at radius 2 is 1.71 bits per heavy atom. The van der Waals surface area contributed by atoms with Gasteiger partial charge in [0.15, 0.2) is 0 Å². The van der Waals surface area contributed by atoms with Gasteiger partial charge in [0.1, 0.15) is 12.1 Å². The number of hydrogen-bond donors (Lipinski definition) is 0. The average Bonchev–Trinajstić information content (AvgIpc) is 2.52. The first kappa shape index (κ1) is 14.8. The molecule has 0 bridgehead atoms. The van der Waals surface area contributed by atoms with E-state index >= 15 is 0 Å². The largest absolute Gasteiger partial charge is 0.329 e. The summed E-state index contributed by atoms with van der Waals surface area (Å²) >= 11 is 0. The molecule has 0 aliphatic carbocycles. The summed E-state index contributed by atoms with van der Waals surface area (Å²) in [6.07, 6.45) is 5.69. The zero-order chi connectivity index (χ0) is 15.0. The van der Waals surface area contributed by atoms with Crippen LogP contribution >= 0.6 is 0 Å². The predicted octanol–water partition coefficient (Wildman–Crippen LogP) is 1.08. The van der Waals surface area contributed by atoms with E-state index in [-0.39, 0.29) is 29.9 Å². The lowest BCUT2D eigenvalue weighted by atomic mass is 9.91. The van der Waals surface area contributed by atoms with Crippen LogP contribution in [0.5, 0.6) is 0 Å². The molecule has 3 fully saturated rings. The lowest BCUT2D eigenvalue weighted by Gasteiger charge is -2.50. The van der Waals surface area contributed by atoms with E-state index in [1.54, 1.807) is 0 Å². The van der Waals surface area contributed by atoms with Crippen molar-refractivity contribution in [3.05, 3.63) is 0 Å². The van der Waals surface area contributed by atoms with Crippen LogP contribution in [0.15, 0.2) is 0 Å². The fourth-order valence-corrected chi connectivity index (χ4v) is 4.17. The minimum absolute atomic E-state index is 0.172. The van der Waals surface area contributed by atoms with Gasteiger partial charge >= 0.3 is 0 Å². The summed E-state index contributed by atoms with van der Waals surface area (Å²) < 4.78 is 0. The second-order valence-corrected chi connectivity index (χ2v) is 6.75. The third-order valence-corrected chi connectivity index (χ3v) is 5.41. The van der Waals surface area contributed by atoms with Gasteiger partial charge in [-0.3, -0.25) is 9.59 Å². The van der Waals surface area contributed by atoms with E-state index < -0.39 is 0 Å². The van der Waals surface area contributed by atoms with Gasteiger partial charge in [0, 0.05) is 12.6 Å². The Hall–Kier alpha value is -1.10. The standard InChI is InChI=1S/C16H27N3O2/c1-3-13-15(20)18-9-5-4-6-14(18)16(21)19(13)12-7-10-17(2)11-8-12/h12-14H,3-11H2,1-2H3. The molecule has 0 radical (unpaired) electrons. The third-order valence-electron chi connectivity index (χ3n) is 5.41. The Bertz CT molecular complexity index is 418. The van der Waals surface area contributed by atoms with Crippen molar-refractivity contribution in [2.75, 3.05) is 26.7 Å². The molecule has 0 aromatic heterocycles. The average molecular weight is 293 g/mol. The van der Waals surface area contributed by atoms with Crippen LogP contribution in [0, 0.1) is 0 Å². The third kappa shape index (κ3) is 2.56. The number of amides is 2. The molecule has 0 spiro atoms. The Kier molecular flexibility index (Phi) is 4.20. The highest BCUT2D eigenvalue weighted by Gasteiger charge is 2.48. The number of piperazine rings is 1. The molecule has 0 saturated carbocycles. The highest BCUT2D eigenvalue weighted by molar-refractivity contribution is 5.97. The summed E-state index contributed by atoms with van der Waals surface area (Å²) in [5, 5.41) is 0. The molecule has 0 N–H and O–H groups in total. The van der Waals surface area contributed by atoms with Crippen molar-refractivity contribution in [2.45, 2.75) is 63.6 Å². The monoisotopic (exact) mass is 293 g/mol. The molecule has 5 nitrogen and oxygen atoms in total. The van der Waals surface area contributed by atoms with Gasteiger partial charge in [0.05, 0.1) is 0 Å². The van der Waals surface area contributed by atoms with E-state index in [4.69, 9.17) is 0 Å². The molecule has 0 aromatic rings. The summed E-state index contributed by atoms with van der Waals surface area (Å²) in [6, 6.07) is -0.138. The number of hydrogen-bond acceptors (Lipinski definition) is 3. The van der Waals surface area contributed by atoms with E-state index in [1.165, 1.54) is 0 Å². The molecule has 5 heteroatoms. The molecule has 21 heavy (non-hydrogen) atoms. The Labute approximate surface area is 127 Å². The first-order valence-corrected chi connectivity index (χ1v) is 8.44. The van der Waals surface area contributed by atoms with Crippen molar-refractivity contribution >= 4 is 11.8 Å². The van der Waals surface area contributed by atoms with Crippen molar-refractivity contribution in [2.24, 2.45) is 0 Å². The van der Waals surface area contributed by atoms with Crippen LogP contribution < -0.4 is 0 Å². The molecule has 3 aliphatic rings. The first-order valence-electron chi connectivity index (χ1n) is 8.44. The summed E-state index contributed by atoms with van der Waals surface area (Å²) in [7, 11) is 2.12. The minimum atomic E-state index is -0.222. The maximum absolute atomic E-state index is 13.0. The summed E-state index contributed by atoms with van der Waals surface area (Å²) in [4.78, 5) is 31.9. The van der Waals surface area contributed by atoms with Crippen molar-refractivity contribution < 1.29 is 9.59 Å². The van der Waals surface area contributed by atoms with E-state index in [0.717, 1.165) is 58.2 Å². The smallest absolute Gasteiger partial charge is 0.246 e. The summed E-state index contributed by atoms with van der Waals surface area (Å²) in [5.41, 5.74) is 0. The molecular formula is C16H27N3O2. The van der Waals surface area contributed by atoms with Crippen LogP contribution in [-0.4, -0.2) is 71.3 Å². The number of piperidine rings is 2. The normalized spacial score (nSPS) is 32.5. The highest BCUT2D eigenvalue weighted by Crippen LogP contribution is 2.31. The van der Waals surface area contributed by atoms with Gasteiger partial charge in [0.25, 0.3) is 0 Å². The van der Waals surface area contributed by atoms with Gasteiger partial charge in [-0.05, 0) is 58.7 Å². The number of rotatable bonds is 2. The van der Waals surface area contributed by atoms with Crippen LogP contribution in [-0.2, 0) is 9.59 Å². The van der Waals surface area contributed by atoms with Gasteiger partial charge in [-0.2, -0.15) is 0 Å². The molecule has 3 rings (SSSR count). The number of nitrogens with zero attached hydrogens (tertiary/aromatic N) is 3. The van der Waals surface area contributed by atoms with Crippen LogP contribution in [0.1, 0.15) is 45.4 Å². The zero-order valence-electron chi connectivity index (χ0n) is 13.3. The van der Waals surface area contributed by atoms with E-state index in [1.807, 2.05) is 16.7 Å². The Morgan fingerprint density at radius 1 is 1.00 bits per heavy atom. The molecule has 3 heterocycles. The highest BCUT2D eigenvalue weighted by atomic mass is 16.2. The van der Waals surface area contributed by atoms with Crippen LogP contribution in [0.4, 0.5) is 0 Å². The molecule has 2 atom stereocenters. The van der Waals surface area contributed by atoms with Crippen LogP contribution in [0.25, 0.3) is 0 Å². The molecule has 2 amide bonds. The maximum atomic E-state index is 13.0. The Balaban J connectivity index is 1.83. The van der Waals surface area contributed by atoms with Gasteiger partial charge in [-0.25, -0.2) is 0 Å². The summed E-state index contributed by atoms with van der Waals surface area (Å²) in [5.74, 6) is 0.413. The zero-order valence-corrected chi connectivity index (χ0v) is 13.3. The van der Waals surface area contributed by atoms with Crippen molar-refractivity contribution in [1.82, 2.24) is 14.7 Å². The molecule has 0 aromatic carbocycles. The van der Waals surface area contributed by atoms with Crippen molar-refractivity contribution in [1.29, 1.82) is 0 Å². The van der Waals surface area contributed by atoms with E-state index in [0.29, 0.717) is 0 Å². The number of likely N-dealkylation sites (tertiary alicyclic amines) is 1. The fraction of sp³-hybridized carbons (Fsp3) is 0.875. The van der Waals surface area contributed by atoms with Gasteiger partial charge in [-0.1, -0.05) is 6.92 Å². The van der Waals surface area contributed by atoms with Crippen molar-refractivity contribution in [3.8, 4) is 0 Å². The van der Waals surface area contributed by atoms with Gasteiger partial charge < -0.3 is 14.7 Å². The van der Waals surface area contributed by atoms with Crippen molar-refractivity contribution in [3.63, 3.8) is 0 Å². The maximum Gasteiger partial charge on any atom is 0.246 e.